The van der Waals surface area contributed by atoms with Crippen LogP contribution >= 0.6 is 0 Å². The number of hydrogen-bond donors (Lipinski definition) is 3. The molecule has 0 bridgehead atoms. The standard InChI is InChI=1S/C27H28N4O3/c1-18-8-10-19(11-9-18)26(32)31-27(30-21-14-22(33-2)16-23(15-21)34-3)28-13-12-20-17-29-25-7-5-4-6-24(20)25/h4-11,14-17,29H,12-13H2,1-3H3,(H2,28,30,31,32). The van der Waals surface area contributed by atoms with Gasteiger partial charge in [-0.25, -0.2) is 0 Å². The quantitative estimate of drug-likeness (QED) is 0.272. The average Bonchev–Trinajstić information content (AvgIpc) is 3.27. The van der Waals surface area contributed by atoms with Crippen molar-refractivity contribution in [1.29, 1.82) is 0 Å². The van der Waals surface area contributed by atoms with E-state index in [1.54, 1.807) is 32.4 Å². The molecular formula is C27H28N4O3. The molecule has 3 aromatic carbocycles. The first-order valence-corrected chi connectivity index (χ1v) is 11.0. The molecule has 1 aromatic heterocycles. The highest BCUT2D eigenvalue weighted by Crippen LogP contribution is 2.25. The average molecular weight is 457 g/mol. The number of H-pyrrole nitrogens is 1. The topological polar surface area (TPSA) is 87.7 Å². The summed E-state index contributed by atoms with van der Waals surface area (Å²) in [4.78, 5) is 20.8. The number of carbonyl (C=O) groups excluding carboxylic acids is 1. The predicted molar refractivity (Wildman–Crippen MR) is 136 cm³/mol. The molecule has 0 saturated heterocycles. The molecular weight excluding hydrogens is 428 g/mol. The number of guanidine groups is 1. The zero-order valence-electron chi connectivity index (χ0n) is 19.5. The van der Waals surface area contributed by atoms with Crippen LogP contribution < -0.4 is 20.1 Å². The van der Waals surface area contributed by atoms with Gasteiger partial charge in [-0.2, -0.15) is 0 Å². The molecule has 4 aromatic rings. The lowest BCUT2D eigenvalue weighted by Gasteiger charge is -2.14. The normalized spacial score (nSPS) is 11.3. The van der Waals surface area contributed by atoms with Gasteiger partial charge < -0.3 is 19.8 Å². The zero-order chi connectivity index (χ0) is 23.9. The molecule has 0 spiro atoms. The third-order valence-corrected chi connectivity index (χ3v) is 5.49. The number of carbonyl (C=O) groups is 1. The van der Waals surface area contributed by atoms with Crippen molar-refractivity contribution in [2.24, 2.45) is 4.99 Å². The molecule has 0 aliphatic rings. The summed E-state index contributed by atoms with van der Waals surface area (Å²) in [5, 5.41) is 7.29. The van der Waals surface area contributed by atoms with Crippen molar-refractivity contribution in [2.75, 3.05) is 26.1 Å². The Hall–Kier alpha value is -4.26. The monoisotopic (exact) mass is 456 g/mol. The number of fused-ring (bicyclic) bond motifs is 1. The van der Waals surface area contributed by atoms with Crippen molar-refractivity contribution in [1.82, 2.24) is 10.3 Å². The minimum Gasteiger partial charge on any atom is -0.497 e. The fraction of sp³-hybridized carbons (Fsp3) is 0.185. The van der Waals surface area contributed by atoms with Crippen molar-refractivity contribution in [3.8, 4) is 11.5 Å². The van der Waals surface area contributed by atoms with E-state index in [1.807, 2.05) is 55.6 Å². The molecule has 0 fully saturated rings. The lowest BCUT2D eigenvalue weighted by atomic mass is 10.1. The van der Waals surface area contributed by atoms with Crippen molar-refractivity contribution in [3.63, 3.8) is 0 Å². The SMILES string of the molecule is COc1cc(NC(=NCCc2c[nH]c3ccccc23)NC(=O)c2ccc(C)cc2)cc(OC)c1. The highest BCUT2D eigenvalue weighted by molar-refractivity contribution is 6.10. The van der Waals surface area contributed by atoms with E-state index in [-0.39, 0.29) is 5.91 Å². The summed E-state index contributed by atoms with van der Waals surface area (Å²) >= 11 is 0. The Morgan fingerprint density at radius 1 is 0.971 bits per heavy atom. The van der Waals surface area contributed by atoms with Crippen LogP contribution in [0.1, 0.15) is 21.5 Å². The van der Waals surface area contributed by atoms with Crippen LogP contribution in [-0.2, 0) is 6.42 Å². The van der Waals surface area contributed by atoms with E-state index in [2.05, 4.69) is 26.7 Å². The second-order valence-corrected chi connectivity index (χ2v) is 7.89. The van der Waals surface area contributed by atoms with Crippen molar-refractivity contribution in [3.05, 3.63) is 89.6 Å². The first-order valence-electron chi connectivity index (χ1n) is 11.0. The van der Waals surface area contributed by atoms with E-state index >= 15 is 0 Å². The van der Waals surface area contributed by atoms with Gasteiger partial charge in [0, 0.05) is 53.1 Å². The molecule has 7 nitrogen and oxygen atoms in total. The van der Waals surface area contributed by atoms with Crippen LogP contribution in [0.4, 0.5) is 5.69 Å². The molecule has 1 amide bonds. The molecule has 0 aliphatic heterocycles. The molecule has 34 heavy (non-hydrogen) atoms. The highest BCUT2D eigenvalue weighted by Gasteiger charge is 2.11. The second-order valence-electron chi connectivity index (χ2n) is 7.89. The number of aromatic nitrogens is 1. The molecule has 0 atom stereocenters. The van der Waals surface area contributed by atoms with Gasteiger partial charge in [0.15, 0.2) is 0 Å². The second kappa shape index (κ2) is 10.6. The molecule has 0 aliphatic carbocycles. The van der Waals surface area contributed by atoms with E-state index in [1.165, 1.54) is 10.9 Å². The van der Waals surface area contributed by atoms with E-state index in [0.29, 0.717) is 35.3 Å². The predicted octanol–water partition coefficient (Wildman–Crippen LogP) is 4.93. The summed E-state index contributed by atoms with van der Waals surface area (Å²) in [5.41, 5.74) is 4.60. The first-order chi connectivity index (χ1) is 16.6. The Labute approximate surface area is 198 Å². The van der Waals surface area contributed by atoms with Crippen molar-refractivity contribution < 1.29 is 14.3 Å². The summed E-state index contributed by atoms with van der Waals surface area (Å²) in [6.45, 7) is 2.47. The fourth-order valence-electron chi connectivity index (χ4n) is 3.64. The maximum Gasteiger partial charge on any atom is 0.257 e. The highest BCUT2D eigenvalue weighted by atomic mass is 16.5. The molecule has 3 N–H and O–H groups in total. The van der Waals surface area contributed by atoms with E-state index in [4.69, 9.17) is 9.47 Å². The van der Waals surface area contributed by atoms with Crippen LogP contribution in [0, 0.1) is 6.92 Å². The number of methoxy groups -OCH3 is 2. The fourth-order valence-corrected chi connectivity index (χ4v) is 3.64. The molecule has 4 rings (SSSR count). The number of aryl methyl sites for hydroxylation is 1. The smallest absolute Gasteiger partial charge is 0.257 e. The molecule has 7 heteroatoms. The zero-order valence-corrected chi connectivity index (χ0v) is 19.5. The van der Waals surface area contributed by atoms with Crippen LogP contribution in [-0.4, -0.2) is 37.6 Å². The summed E-state index contributed by atoms with van der Waals surface area (Å²) in [6, 6.07) is 21.0. The number of benzene rings is 3. The number of amides is 1. The molecule has 0 unspecified atom stereocenters. The van der Waals surface area contributed by atoms with E-state index in [0.717, 1.165) is 17.5 Å². The number of nitrogens with one attached hydrogen (secondary N) is 3. The van der Waals surface area contributed by atoms with Crippen LogP contribution in [0.25, 0.3) is 10.9 Å². The number of anilines is 1. The number of hydrogen-bond acceptors (Lipinski definition) is 4. The largest absolute Gasteiger partial charge is 0.497 e. The number of nitrogens with zero attached hydrogens (tertiary/aromatic N) is 1. The first kappa shape index (κ1) is 22.9. The van der Waals surface area contributed by atoms with Gasteiger partial charge in [-0.1, -0.05) is 35.9 Å². The van der Waals surface area contributed by atoms with Crippen LogP contribution in [0.3, 0.4) is 0 Å². The number of para-hydroxylation sites is 1. The summed E-state index contributed by atoms with van der Waals surface area (Å²) < 4.78 is 10.7. The molecule has 0 radical (unpaired) electrons. The molecule has 1 heterocycles. The Bertz CT molecular complexity index is 1290. The molecule has 0 saturated carbocycles. The molecule has 174 valence electrons. The summed E-state index contributed by atoms with van der Waals surface area (Å²) in [6.07, 6.45) is 2.72. The Balaban J connectivity index is 1.56. The lowest BCUT2D eigenvalue weighted by Crippen LogP contribution is -2.36. The number of rotatable bonds is 7. The Morgan fingerprint density at radius 3 is 2.38 bits per heavy atom. The van der Waals surface area contributed by atoms with Crippen LogP contribution in [0.2, 0.25) is 0 Å². The number of aliphatic imine (C=N–C) groups is 1. The maximum absolute atomic E-state index is 12.9. The third-order valence-electron chi connectivity index (χ3n) is 5.49. The van der Waals surface area contributed by atoms with Gasteiger partial charge in [0.05, 0.1) is 14.2 Å². The number of aromatic amines is 1. The van der Waals surface area contributed by atoms with Gasteiger partial charge in [-0.05, 0) is 37.1 Å². The van der Waals surface area contributed by atoms with Gasteiger partial charge in [-0.15, -0.1) is 0 Å². The van der Waals surface area contributed by atoms with Gasteiger partial charge in [0.25, 0.3) is 5.91 Å². The van der Waals surface area contributed by atoms with Gasteiger partial charge in [0.2, 0.25) is 5.96 Å². The van der Waals surface area contributed by atoms with Crippen molar-refractivity contribution >= 4 is 28.5 Å². The van der Waals surface area contributed by atoms with Crippen LogP contribution in [0.15, 0.2) is 77.9 Å². The maximum atomic E-state index is 12.9. The minimum absolute atomic E-state index is 0.242. The summed E-state index contributed by atoms with van der Waals surface area (Å²) in [5.74, 6) is 1.36. The van der Waals surface area contributed by atoms with Gasteiger partial charge in [-0.3, -0.25) is 15.1 Å². The lowest BCUT2D eigenvalue weighted by molar-refractivity contribution is 0.0977. The Kier molecular flexibility index (Phi) is 7.13. The summed E-state index contributed by atoms with van der Waals surface area (Å²) in [7, 11) is 3.18. The van der Waals surface area contributed by atoms with Crippen LogP contribution in [0.5, 0.6) is 11.5 Å². The van der Waals surface area contributed by atoms with Crippen molar-refractivity contribution in [2.45, 2.75) is 13.3 Å². The number of ether oxygens (including phenoxy) is 2. The van der Waals surface area contributed by atoms with Gasteiger partial charge in [0.1, 0.15) is 11.5 Å². The minimum atomic E-state index is -0.242. The van der Waals surface area contributed by atoms with E-state index in [9.17, 15) is 4.79 Å². The third kappa shape index (κ3) is 5.56. The Morgan fingerprint density at radius 2 is 1.68 bits per heavy atom. The van der Waals surface area contributed by atoms with E-state index < -0.39 is 0 Å². The van der Waals surface area contributed by atoms with Gasteiger partial charge >= 0.3 is 0 Å².